The summed E-state index contributed by atoms with van der Waals surface area (Å²) >= 11 is 0. The Morgan fingerprint density at radius 2 is 1.97 bits per heavy atom. The molecule has 1 heterocycles. The van der Waals surface area contributed by atoms with Crippen molar-refractivity contribution in [2.45, 2.75) is 25.7 Å². The first-order chi connectivity index (χ1) is 14.1. The molecule has 0 aliphatic carbocycles. The highest BCUT2D eigenvalue weighted by atomic mass is 19.4. The maximum atomic E-state index is 12.4. The van der Waals surface area contributed by atoms with Gasteiger partial charge < -0.3 is 14.6 Å². The molecule has 0 saturated heterocycles. The highest BCUT2D eigenvalue weighted by molar-refractivity contribution is 5.87. The molecule has 1 amide bonds. The number of fused-ring (bicyclic) bond motifs is 1. The minimum Gasteiger partial charge on any atom is -0.484 e. The quantitative estimate of drug-likeness (QED) is 0.462. The molecule has 0 fully saturated rings. The van der Waals surface area contributed by atoms with Gasteiger partial charge in [0, 0.05) is 6.07 Å². The standard InChI is InChI=1S/C19H17F3N4O4/c1-12(13-5-7-14(8-6-13)30-10-19(20,21)22)24-17(27)9-25-11-23-15-3-2-4-16(18(15)25)26(28)29/h2-8,11-12H,9-10H2,1H3,(H,24,27). The zero-order chi connectivity index (χ0) is 21.9. The molecular weight excluding hydrogens is 405 g/mol. The van der Waals surface area contributed by atoms with E-state index >= 15 is 0 Å². The Kier molecular flexibility index (Phi) is 5.90. The third-order valence-corrected chi connectivity index (χ3v) is 4.29. The maximum Gasteiger partial charge on any atom is 0.422 e. The molecule has 158 valence electrons. The largest absolute Gasteiger partial charge is 0.484 e. The van der Waals surface area contributed by atoms with Crippen LogP contribution in [0.2, 0.25) is 0 Å². The summed E-state index contributed by atoms with van der Waals surface area (Å²) in [4.78, 5) is 27.2. The third kappa shape index (κ3) is 5.04. The first-order valence-corrected chi connectivity index (χ1v) is 8.81. The zero-order valence-corrected chi connectivity index (χ0v) is 15.7. The number of non-ortho nitro benzene ring substituents is 1. The lowest BCUT2D eigenvalue weighted by atomic mass is 10.1. The van der Waals surface area contributed by atoms with Crippen molar-refractivity contribution in [3.8, 4) is 5.75 Å². The molecule has 2 aromatic carbocycles. The molecule has 8 nitrogen and oxygen atoms in total. The van der Waals surface area contributed by atoms with E-state index in [1.807, 2.05) is 0 Å². The topological polar surface area (TPSA) is 99.3 Å². The Labute approximate surface area is 168 Å². The average Bonchev–Trinajstić information content (AvgIpc) is 3.09. The number of ether oxygens (including phenoxy) is 1. The highest BCUT2D eigenvalue weighted by Crippen LogP contribution is 2.25. The zero-order valence-electron chi connectivity index (χ0n) is 15.7. The molecule has 0 radical (unpaired) electrons. The van der Waals surface area contributed by atoms with Gasteiger partial charge in [-0.1, -0.05) is 18.2 Å². The maximum absolute atomic E-state index is 12.4. The number of halogens is 3. The molecule has 3 aromatic rings. The van der Waals surface area contributed by atoms with E-state index in [0.29, 0.717) is 11.1 Å². The molecule has 0 saturated carbocycles. The van der Waals surface area contributed by atoms with Crippen LogP contribution in [-0.2, 0) is 11.3 Å². The first kappa shape index (κ1) is 21.1. The van der Waals surface area contributed by atoms with E-state index in [0.717, 1.165) is 0 Å². The van der Waals surface area contributed by atoms with Crippen LogP contribution in [0.3, 0.4) is 0 Å². The van der Waals surface area contributed by atoms with Crippen LogP contribution >= 0.6 is 0 Å². The van der Waals surface area contributed by atoms with E-state index in [9.17, 15) is 28.1 Å². The molecule has 1 unspecified atom stereocenters. The molecule has 0 spiro atoms. The normalized spacial score (nSPS) is 12.5. The number of nitrogens with one attached hydrogen (secondary N) is 1. The van der Waals surface area contributed by atoms with Crippen molar-refractivity contribution in [1.29, 1.82) is 0 Å². The summed E-state index contributed by atoms with van der Waals surface area (Å²) in [6.07, 6.45) is -3.07. The predicted octanol–water partition coefficient (Wildman–Crippen LogP) is 3.76. The van der Waals surface area contributed by atoms with E-state index in [1.54, 1.807) is 25.1 Å². The summed E-state index contributed by atoms with van der Waals surface area (Å²) in [5, 5.41) is 14.0. The Morgan fingerprint density at radius 1 is 1.27 bits per heavy atom. The smallest absolute Gasteiger partial charge is 0.422 e. The van der Waals surface area contributed by atoms with Gasteiger partial charge in [-0.2, -0.15) is 13.2 Å². The Bertz CT molecular complexity index is 1060. The van der Waals surface area contributed by atoms with Crippen LogP contribution < -0.4 is 10.1 Å². The number of carbonyl (C=O) groups is 1. The van der Waals surface area contributed by atoms with Crippen molar-refractivity contribution < 1.29 is 27.6 Å². The van der Waals surface area contributed by atoms with Crippen LogP contribution in [0.5, 0.6) is 5.75 Å². The van der Waals surface area contributed by atoms with E-state index < -0.39 is 29.7 Å². The summed E-state index contributed by atoms with van der Waals surface area (Å²) in [5.74, 6) is -0.343. The SMILES string of the molecule is CC(NC(=O)Cn1cnc2cccc([N+](=O)[O-])c21)c1ccc(OCC(F)(F)F)cc1. The molecule has 0 bridgehead atoms. The summed E-state index contributed by atoms with van der Waals surface area (Å²) in [6.45, 7) is 0.139. The van der Waals surface area contributed by atoms with Gasteiger partial charge in [0.2, 0.25) is 5.91 Å². The van der Waals surface area contributed by atoms with Gasteiger partial charge in [0.05, 0.1) is 22.8 Å². The van der Waals surface area contributed by atoms with Crippen LogP contribution in [0.25, 0.3) is 11.0 Å². The molecule has 30 heavy (non-hydrogen) atoms. The van der Waals surface area contributed by atoms with Crippen LogP contribution in [0.4, 0.5) is 18.9 Å². The predicted molar refractivity (Wildman–Crippen MR) is 101 cm³/mol. The van der Waals surface area contributed by atoms with Crippen molar-refractivity contribution in [2.24, 2.45) is 0 Å². The van der Waals surface area contributed by atoms with Crippen LogP contribution in [-0.4, -0.2) is 33.2 Å². The number of nitro benzene ring substituents is 1. The third-order valence-electron chi connectivity index (χ3n) is 4.29. The molecule has 1 aromatic heterocycles. The fourth-order valence-electron chi connectivity index (χ4n) is 2.92. The number of alkyl halides is 3. The van der Waals surface area contributed by atoms with Gasteiger partial charge in [0.15, 0.2) is 6.61 Å². The van der Waals surface area contributed by atoms with E-state index in [-0.39, 0.29) is 23.5 Å². The Hall–Kier alpha value is -3.63. The number of amides is 1. The molecule has 1 atom stereocenters. The lowest BCUT2D eigenvalue weighted by molar-refractivity contribution is -0.383. The summed E-state index contributed by atoms with van der Waals surface area (Å²) in [6, 6.07) is 9.89. The van der Waals surface area contributed by atoms with E-state index in [1.165, 1.54) is 35.2 Å². The monoisotopic (exact) mass is 422 g/mol. The lowest BCUT2D eigenvalue weighted by Gasteiger charge is -2.16. The molecule has 11 heteroatoms. The number of hydrogen-bond donors (Lipinski definition) is 1. The lowest BCUT2D eigenvalue weighted by Crippen LogP contribution is -2.30. The fraction of sp³-hybridized carbons (Fsp3) is 0.263. The number of nitrogens with zero attached hydrogens (tertiary/aromatic N) is 3. The average molecular weight is 422 g/mol. The van der Waals surface area contributed by atoms with Crippen LogP contribution in [0, 0.1) is 10.1 Å². The molecule has 3 rings (SSSR count). The summed E-state index contributed by atoms with van der Waals surface area (Å²) in [7, 11) is 0. The summed E-state index contributed by atoms with van der Waals surface area (Å²) in [5.41, 5.74) is 1.15. The number of hydrogen-bond acceptors (Lipinski definition) is 5. The van der Waals surface area contributed by atoms with Crippen molar-refractivity contribution >= 4 is 22.6 Å². The van der Waals surface area contributed by atoms with Crippen LogP contribution in [0.15, 0.2) is 48.8 Å². The number of nitro groups is 1. The number of carbonyl (C=O) groups excluding carboxylic acids is 1. The van der Waals surface area contributed by atoms with Crippen molar-refractivity contribution in [1.82, 2.24) is 14.9 Å². The number of rotatable bonds is 7. The number of para-hydroxylation sites is 1. The number of aromatic nitrogens is 2. The highest BCUT2D eigenvalue weighted by Gasteiger charge is 2.28. The van der Waals surface area contributed by atoms with Gasteiger partial charge >= 0.3 is 6.18 Å². The molecular formula is C19H17F3N4O4. The second-order valence-electron chi connectivity index (χ2n) is 6.54. The minimum atomic E-state index is -4.42. The first-order valence-electron chi connectivity index (χ1n) is 8.81. The number of imidazole rings is 1. The van der Waals surface area contributed by atoms with Gasteiger partial charge in [-0.15, -0.1) is 0 Å². The summed E-state index contributed by atoms with van der Waals surface area (Å²) < 4.78 is 42.6. The van der Waals surface area contributed by atoms with E-state index in [4.69, 9.17) is 0 Å². The van der Waals surface area contributed by atoms with Gasteiger partial charge in [0.1, 0.15) is 17.8 Å². The van der Waals surface area contributed by atoms with Crippen molar-refractivity contribution in [3.05, 3.63) is 64.5 Å². The minimum absolute atomic E-state index is 0.0618. The Balaban J connectivity index is 1.65. The molecule has 0 aliphatic rings. The van der Waals surface area contributed by atoms with Crippen LogP contribution in [0.1, 0.15) is 18.5 Å². The van der Waals surface area contributed by atoms with Gasteiger partial charge in [-0.25, -0.2) is 4.98 Å². The second kappa shape index (κ2) is 8.39. The second-order valence-corrected chi connectivity index (χ2v) is 6.54. The fourth-order valence-corrected chi connectivity index (χ4v) is 2.92. The van der Waals surface area contributed by atoms with Crippen molar-refractivity contribution in [3.63, 3.8) is 0 Å². The Morgan fingerprint density at radius 3 is 2.60 bits per heavy atom. The van der Waals surface area contributed by atoms with Gasteiger partial charge in [0.25, 0.3) is 5.69 Å². The van der Waals surface area contributed by atoms with E-state index in [2.05, 4.69) is 15.0 Å². The number of benzene rings is 2. The molecule has 0 aliphatic heterocycles. The van der Waals surface area contributed by atoms with Gasteiger partial charge in [-0.05, 0) is 30.7 Å². The van der Waals surface area contributed by atoms with Crippen molar-refractivity contribution in [2.75, 3.05) is 6.61 Å². The molecule has 1 N–H and O–H groups in total. The van der Waals surface area contributed by atoms with Gasteiger partial charge in [-0.3, -0.25) is 14.9 Å².